The summed E-state index contributed by atoms with van der Waals surface area (Å²) < 4.78 is 5.19. The van der Waals surface area contributed by atoms with Crippen molar-refractivity contribution in [2.45, 2.75) is 71.9 Å². The minimum Gasteiger partial charge on any atom is -0.444 e. The maximum Gasteiger partial charge on any atom is 0.407 e. The Hall–Kier alpha value is -0.770. The number of hydrogen-bond acceptors (Lipinski definition) is 3. The molecule has 0 aromatic heterocycles. The predicted octanol–water partition coefficient (Wildman–Crippen LogP) is 3.07. The number of ether oxygens (including phenoxy) is 1. The summed E-state index contributed by atoms with van der Waals surface area (Å²) in [5, 5.41) is 6.16. The van der Waals surface area contributed by atoms with Crippen molar-refractivity contribution in [2.75, 3.05) is 13.1 Å². The fourth-order valence-corrected chi connectivity index (χ4v) is 1.56. The number of amides is 1. The second-order valence-corrected chi connectivity index (χ2v) is 5.81. The molecule has 0 aliphatic heterocycles. The Morgan fingerprint density at radius 1 is 1.22 bits per heavy atom. The monoisotopic (exact) mass is 258 g/mol. The normalized spacial score (nSPS) is 13.2. The molecule has 0 saturated heterocycles. The minimum atomic E-state index is -0.433. The number of carbonyl (C=O) groups excluding carboxylic acids is 1. The average Bonchev–Trinajstić information content (AvgIpc) is 2.20. The van der Waals surface area contributed by atoms with Gasteiger partial charge in [-0.3, -0.25) is 0 Å². The molecule has 18 heavy (non-hydrogen) atoms. The first-order chi connectivity index (χ1) is 8.35. The molecular formula is C14H30N2O2. The zero-order valence-electron chi connectivity index (χ0n) is 12.6. The summed E-state index contributed by atoms with van der Waals surface area (Å²) in [7, 11) is 0. The quantitative estimate of drug-likeness (QED) is 0.658. The van der Waals surface area contributed by atoms with Crippen molar-refractivity contribution >= 4 is 6.09 Å². The molecule has 1 unspecified atom stereocenters. The highest BCUT2D eigenvalue weighted by molar-refractivity contribution is 5.68. The largest absolute Gasteiger partial charge is 0.444 e. The summed E-state index contributed by atoms with van der Waals surface area (Å²) in [6.45, 7) is 11.6. The molecule has 0 aromatic rings. The van der Waals surface area contributed by atoms with E-state index in [0.717, 1.165) is 13.1 Å². The molecule has 0 bridgehead atoms. The maximum atomic E-state index is 11.5. The van der Waals surface area contributed by atoms with Crippen LogP contribution in [0.5, 0.6) is 0 Å². The zero-order valence-corrected chi connectivity index (χ0v) is 12.6. The van der Waals surface area contributed by atoms with Crippen molar-refractivity contribution < 1.29 is 9.53 Å². The van der Waals surface area contributed by atoms with Gasteiger partial charge in [0.25, 0.3) is 0 Å². The molecule has 1 atom stereocenters. The SMILES string of the molecule is CCCCCCNCC(C)NC(=O)OC(C)(C)C. The number of alkyl carbamates (subject to hydrolysis) is 1. The van der Waals surface area contributed by atoms with Crippen LogP contribution in [0.15, 0.2) is 0 Å². The van der Waals surface area contributed by atoms with E-state index in [-0.39, 0.29) is 12.1 Å². The fraction of sp³-hybridized carbons (Fsp3) is 0.929. The Morgan fingerprint density at radius 2 is 1.89 bits per heavy atom. The summed E-state index contributed by atoms with van der Waals surface area (Å²) in [6.07, 6.45) is 4.69. The van der Waals surface area contributed by atoms with Crippen LogP contribution in [0.3, 0.4) is 0 Å². The van der Waals surface area contributed by atoms with Gasteiger partial charge in [0.15, 0.2) is 0 Å². The van der Waals surface area contributed by atoms with Gasteiger partial charge >= 0.3 is 6.09 Å². The molecule has 0 saturated carbocycles. The fourth-order valence-electron chi connectivity index (χ4n) is 1.56. The molecule has 4 nitrogen and oxygen atoms in total. The van der Waals surface area contributed by atoms with Crippen LogP contribution in [0.4, 0.5) is 4.79 Å². The van der Waals surface area contributed by atoms with Gasteiger partial charge in [-0.15, -0.1) is 0 Å². The van der Waals surface area contributed by atoms with Gasteiger partial charge in [-0.05, 0) is 40.7 Å². The molecule has 0 heterocycles. The Kier molecular flexibility index (Phi) is 8.81. The number of rotatable bonds is 8. The van der Waals surface area contributed by atoms with Gasteiger partial charge < -0.3 is 15.4 Å². The lowest BCUT2D eigenvalue weighted by Crippen LogP contribution is -2.42. The molecule has 4 heteroatoms. The van der Waals surface area contributed by atoms with Crippen molar-refractivity contribution in [3.8, 4) is 0 Å². The molecule has 0 fully saturated rings. The van der Waals surface area contributed by atoms with Gasteiger partial charge in [-0.2, -0.15) is 0 Å². The van der Waals surface area contributed by atoms with Crippen molar-refractivity contribution in [1.82, 2.24) is 10.6 Å². The number of hydrogen-bond donors (Lipinski definition) is 2. The van der Waals surface area contributed by atoms with Crippen LogP contribution in [-0.2, 0) is 4.74 Å². The van der Waals surface area contributed by atoms with Crippen molar-refractivity contribution in [1.29, 1.82) is 0 Å². The Balaban J connectivity index is 3.53. The van der Waals surface area contributed by atoms with Gasteiger partial charge in [0.05, 0.1) is 0 Å². The lowest BCUT2D eigenvalue weighted by atomic mass is 10.2. The van der Waals surface area contributed by atoms with E-state index >= 15 is 0 Å². The third-order valence-corrected chi connectivity index (χ3v) is 2.42. The van der Waals surface area contributed by atoms with Crippen LogP contribution < -0.4 is 10.6 Å². The van der Waals surface area contributed by atoms with Gasteiger partial charge in [0, 0.05) is 12.6 Å². The smallest absolute Gasteiger partial charge is 0.407 e. The molecular weight excluding hydrogens is 228 g/mol. The second kappa shape index (κ2) is 9.20. The second-order valence-electron chi connectivity index (χ2n) is 5.81. The van der Waals surface area contributed by atoms with E-state index in [9.17, 15) is 4.79 Å². The van der Waals surface area contributed by atoms with Crippen LogP contribution in [0.25, 0.3) is 0 Å². The Morgan fingerprint density at radius 3 is 2.44 bits per heavy atom. The van der Waals surface area contributed by atoms with Gasteiger partial charge in [0.1, 0.15) is 5.60 Å². The van der Waals surface area contributed by atoms with Gasteiger partial charge in [0.2, 0.25) is 0 Å². The average molecular weight is 258 g/mol. The Labute approximate surface area is 112 Å². The molecule has 0 aliphatic rings. The summed E-state index contributed by atoms with van der Waals surface area (Å²) in [4.78, 5) is 11.5. The van der Waals surface area contributed by atoms with E-state index in [1.54, 1.807) is 0 Å². The summed E-state index contributed by atoms with van der Waals surface area (Å²) in [6, 6.07) is 0.0889. The number of unbranched alkanes of at least 4 members (excludes halogenated alkanes) is 3. The maximum absolute atomic E-state index is 11.5. The topological polar surface area (TPSA) is 50.4 Å². The van der Waals surface area contributed by atoms with Crippen LogP contribution >= 0.6 is 0 Å². The third kappa shape index (κ3) is 11.7. The van der Waals surface area contributed by atoms with E-state index in [2.05, 4.69) is 17.6 Å². The van der Waals surface area contributed by atoms with Crippen molar-refractivity contribution in [3.63, 3.8) is 0 Å². The van der Waals surface area contributed by atoms with E-state index in [1.165, 1.54) is 25.7 Å². The third-order valence-electron chi connectivity index (χ3n) is 2.42. The first-order valence-corrected chi connectivity index (χ1v) is 7.05. The molecule has 0 rings (SSSR count). The predicted molar refractivity (Wildman–Crippen MR) is 75.8 cm³/mol. The molecule has 108 valence electrons. The first kappa shape index (κ1) is 17.2. The summed E-state index contributed by atoms with van der Waals surface area (Å²) in [5.41, 5.74) is -0.433. The highest BCUT2D eigenvalue weighted by Crippen LogP contribution is 2.06. The number of nitrogens with one attached hydrogen (secondary N) is 2. The van der Waals surface area contributed by atoms with E-state index in [4.69, 9.17) is 4.74 Å². The van der Waals surface area contributed by atoms with Gasteiger partial charge in [-0.1, -0.05) is 26.2 Å². The standard InChI is InChI=1S/C14H30N2O2/c1-6-7-8-9-10-15-11-12(2)16-13(17)18-14(3,4)5/h12,15H,6-11H2,1-5H3,(H,16,17). The summed E-state index contributed by atoms with van der Waals surface area (Å²) in [5.74, 6) is 0. The number of carbonyl (C=O) groups is 1. The van der Waals surface area contributed by atoms with E-state index < -0.39 is 5.60 Å². The Bertz CT molecular complexity index is 224. The highest BCUT2D eigenvalue weighted by atomic mass is 16.6. The molecule has 0 radical (unpaired) electrons. The van der Waals surface area contributed by atoms with E-state index in [0.29, 0.717) is 0 Å². The van der Waals surface area contributed by atoms with Crippen molar-refractivity contribution in [3.05, 3.63) is 0 Å². The van der Waals surface area contributed by atoms with E-state index in [1.807, 2.05) is 27.7 Å². The van der Waals surface area contributed by atoms with Gasteiger partial charge in [-0.25, -0.2) is 4.79 Å². The van der Waals surface area contributed by atoms with Crippen LogP contribution in [-0.4, -0.2) is 30.8 Å². The minimum absolute atomic E-state index is 0.0889. The molecule has 1 amide bonds. The summed E-state index contributed by atoms with van der Waals surface area (Å²) >= 11 is 0. The molecule has 2 N–H and O–H groups in total. The highest BCUT2D eigenvalue weighted by Gasteiger charge is 2.17. The lowest BCUT2D eigenvalue weighted by molar-refractivity contribution is 0.0508. The lowest BCUT2D eigenvalue weighted by Gasteiger charge is -2.22. The van der Waals surface area contributed by atoms with Crippen LogP contribution in [0.1, 0.15) is 60.3 Å². The van der Waals surface area contributed by atoms with Crippen molar-refractivity contribution in [2.24, 2.45) is 0 Å². The van der Waals surface area contributed by atoms with Crippen LogP contribution in [0.2, 0.25) is 0 Å². The molecule has 0 aromatic carbocycles. The first-order valence-electron chi connectivity index (χ1n) is 7.05. The van der Waals surface area contributed by atoms with Crippen LogP contribution in [0, 0.1) is 0 Å². The molecule has 0 aliphatic carbocycles. The molecule has 0 spiro atoms. The zero-order chi connectivity index (χ0) is 14.0.